The highest BCUT2D eigenvalue weighted by Crippen LogP contribution is 2.25. The molecule has 0 radical (unpaired) electrons. The van der Waals surface area contributed by atoms with Gasteiger partial charge in [0.15, 0.2) is 0 Å². The summed E-state index contributed by atoms with van der Waals surface area (Å²) in [4.78, 5) is 8.75. The maximum atomic E-state index is 5.24. The van der Waals surface area contributed by atoms with Gasteiger partial charge in [-0.1, -0.05) is 0 Å². The molecule has 0 unspecified atom stereocenters. The van der Waals surface area contributed by atoms with Gasteiger partial charge in [-0.15, -0.1) is 0 Å². The maximum Gasteiger partial charge on any atom is 0.142 e. The number of fused-ring (bicyclic) bond motifs is 1. The summed E-state index contributed by atoms with van der Waals surface area (Å²) in [5.41, 5.74) is 3.01. The predicted molar refractivity (Wildman–Crippen MR) is 70.5 cm³/mol. The standard InChI is InChI=1S/C14H13N3O/c1-17-13-8-11(18-2)5-6-12(13)16-14(17)10-4-3-7-15-9-10/h3-9H,1-2H3. The fourth-order valence-corrected chi connectivity index (χ4v) is 2.05. The number of hydrogen-bond donors (Lipinski definition) is 0. The van der Waals surface area contributed by atoms with E-state index in [0.29, 0.717) is 0 Å². The number of methoxy groups -OCH3 is 1. The first-order chi connectivity index (χ1) is 8.79. The van der Waals surface area contributed by atoms with Gasteiger partial charge >= 0.3 is 0 Å². The van der Waals surface area contributed by atoms with Gasteiger partial charge in [0, 0.05) is 31.1 Å². The van der Waals surface area contributed by atoms with E-state index in [2.05, 4.69) is 14.5 Å². The van der Waals surface area contributed by atoms with E-state index in [4.69, 9.17) is 4.74 Å². The zero-order chi connectivity index (χ0) is 12.5. The van der Waals surface area contributed by atoms with E-state index in [-0.39, 0.29) is 0 Å². The molecule has 0 amide bonds. The average Bonchev–Trinajstić information content (AvgIpc) is 2.77. The van der Waals surface area contributed by atoms with Crippen LogP contribution in [0.3, 0.4) is 0 Å². The van der Waals surface area contributed by atoms with E-state index < -0.39 is 0 Å². The van der Waals surface area contributed by atoms with Crippen molar-refractivity contribution in [3.8, 4) is 17.1 Å². The number of benzene rings is 1. The van der Waals surface area contributed by atoms with Crippen molar-refractivity contribution in [2.75, 3.05) is 7.11 Å². The van der Waals surface area contributed by atoms with Crippen molar-refractivity contribution in [1.82, 2.24) is 14.5 Å². The van der Waals surface area contributed by atoms with E-state index in [1.807, 2.05) is 43.6 Å². The van der Waals surface area contributed by atoms with E-state index in [9.17, 15) is 0 Å². The first-order valence-corrected chi connectivity index (χ1v) is 5.70. The Kier molecular flexibility index (Phi) is 2.48. The molecule has 4 nitrogen and oxygen atoms in total. The molecule has 0 N–H and O–H groups in total. The van der Waals surface area contributed by atoms with Gasteiger partial charge in [0.25, 0.3) is 0 Å². The average molecular weight is 239 g/mol. The van der Waals surface area contributed by atoms with Gasteiger partial charge in [0.1, 0.15) is 11.6 Å². The lowest BCUT2D eigenvalue weighted by atomic mass is 10.3. The van der Waals surface area contributed by atoms with Crippen LogP contribution in [-0.4, -0.2) is 21.6 Å². The van der Waals surface area contributed by atoms with Gasteiger partial charge in [-0.2, -0.15) is 0 Å². The third kappa shape index (κ3) is 1.62. The maximum absolute atomic E-state index is 5.24. The lowest BCUT2D eigenvalue weighted by Crippen LogP contribution is -1.92. The summed E-state index contributed by atoms with van der Waals surface area (Å²) >= 11 is 0. The Morgan fingerprint density at radius 2 is 2.11 bits per heavy atom. The Labute approximate surface area is 105 Å². The smallest absolute Gasteiger partial charge is 0.142 e. The molecular formula is C14H13N3O. The normalized spacial score (nSPS) is 10.8. The number of aromatic nitrogens is 3. The molecule has 18 heavy (non-hydrogen) atoms. The fourth-order valence-electron chi connectivity index (χ4n) is 2.05. The number of hydrogen-bond acceptors (Lipinski definition) is 3. The molecule has 0 saturated heterocycles. The molecular weight excluding hydrogens is 226 g/mol. The van der Waals surface area contributed by atoms with Crippen LogP contribution in [0.25, 0.3) is 22.4 Å². The summed E-state index contributed by atoms with van der Waals surface area (Å²) in [5.74, 6) is 1.74. The molecule has 4 heteroatoms. The summed E-state index contributed by atoms with van der Waals surface area (Å²) in [6.07, 6.45) is 3.58. The number of nitrogens with zero attached hydrogens (tertiary/aromatic N) is 3. The molecule has 0 atom stereocenters. The van der Waals surface area contributed by atoms with Crippen molar-refractivity contribution in [2.45, 2.75) is 0 Å². The van der Waals surface area contributed by atoms with Crippen LogP contribution in [0.2, 0.25) is 0 Å². The van der Waals surface area contributed by atoms with Crippen molar-refractivity contribution in [3.63, 3.8) is 0 Å². The van der Waals surface area contributed by atoms with Gasteiger partial charge < -0.3 is 9.30 Å². The highest BCUT2D eigenvalue weighted by Gasteiger charge is 2.10. The number of rotatable bonds is 2. The minimum atomic E-state index is 0.836. The van der Waals surface area contributed by atoms with Crippen molar-refractivity contribution in [1.29, 1.82) is 0 Å². The first kappa shape index (κ1) is 10.8. The second-order valence-corrected chi connectivity index (χ2v) is 4.09. The van der Waals surface area contributed by atoms with Crippen LogP contribution in [0.4, 0.5) is 0 Å². The lowest BCUT2D eigenvalue weighted by molar-refractivity contribution is 0.415. The molecule has 90 valence electrons. The topological polar surface area (TPSA) is 39.9 Å². The third-order valence-corrected chi connectivity index (χ3v) is 3.01. The SMILES string of the molecule is COc1ccc2nc(-c3cccnc3)n(C)c2c1. The van der Waals surface area contributed by atoms with Crippen LogP contribution in [0.5, 0.6) is 5.75 Å². The largest absolute Gasteiger partial charge is 0.497 e. The Morgan fingerprint density at radius 1 is 1.22 bits per heavy atom. The van der Waals surface area contributed by atoms with Crippen LogP contribution in [-0.2, 0) is 7.05 Å². The van der Waals surface area contributed by atoms with Crippen LogP contribution < -0.4 is 4.74 Å². The van der Waals surface area contributed by atoms with E-state index in [1.54, 1.807) is 13.3 Å². The molecule has 1 aromatic carbocycles. The van der Waals surface area contributed by atoms with Crippen LogP contribution in [0, 0.1) is 0 Å². The monoisotopic (exact) mass is 239 g/mol. The lowest BCUT2D eigenvalue weighted by Gasteiger charge is -2.02. The number of pyridine rings is 1. The van der Waals surface area contributed by atoms with Gasteiger partial charge in [-0.3, -0.25) is 4.98 Å². The molecule has 3 rings (SSSR count). The number of aryl methyl sites for hydroxylation is 1. The molecule has 0 aliphatic rings. The van der Waals surface area contributed by atoms with Gasteiger partial charge in [0.2, 0.25) is 0 Å². The third-order valence-electron chi connectivity index (χ3n) is 3.01. The molecule has 2 aromatic heterocycles. The zero-order valence-electron chi connectivity index (χ0n) is 10.3. The summed E-state index contributed by atoms with van der Waals surface area (Å²) in [6.45, 7) is 0. The van der Waals surface area contributed by atoms with E-state index in [1.165, 1.54) is 0 Å². The van der Waals surface area contributed by atoms with Crippen LogP contribution in [0.1, 0.15) is 0 Å². The fraction of sp³-hybridized carbons (Fsp3) is 0.143. The van der Waals surface area contributed by atoms with Crippen molar-refractivity contribution in [3.05, 3.63) is 42.7 Å². The summed E-state index contributed by atoms with van der Waals surface area (Å²) in [6, 6.07) is 9.79. The Bertz CT molecular complexity index is 689. The second-order valence-electron chi connectivity index (χ2n) is 4.09. The molecule has 0 spiro atoms. The first-order valence-electron chi connectivity index (χ1n) is 5.70. The van der Waals surface area contributed by atoms with Gasteiger partial charge in [-0.25, -0.2) is 4.98 Å². The molecule has 3 aromatic rings. The van der Waals surface area contributed by atoms with Crippen LogP contribution in [0.15, 0.2) is 42.7 Å². The molecule has 0 fully saturated rings. The van der Waals surface area contributed by atoms with Crippen molar-refractivity contribution < 1.29 is 4.74 Å². The van der Waals surface area contributed by atoms with E-state index in [0.717, 1.165) is 28.2 Å². The molecule has 0 aliphatic heterocycles. The summed E-state index contributed by atoms with van der Waals surface area (Å²) < 4.78 is 7.29. The van der Waals surface area contributed by atoms with Gasteiger partial charge in [0.05, 0.1) is 18.1 Å². The molecule has 2 heterocycles. The molecule has 0 aliphatic carbocycles. The zero-order valence-corrected chi connectivity index (χ0v) is 10.3. The Hall–Kier alpha value is -2.36. The quantitative estimate of drug-likeness (QED) is 0.690. The van der Waals surface area contributed by atoms with Crippen LogP contribution >= 0.6 is 0 Å². The van der Waals surface area contributed by atoms with Crippen molar-refractivity contribution in [2.24, 2.45) is 7.05 Å². The van der Waals surface area contributed by atoms with Gasteiger partial charge in [-0.05, 0) is 24.3 Å². The Balaban J connectivity index is 2.23. The Morgan fingerprint density at radius 3 is 2.83 bits per heavy atom. The van der Waals surface area contributed by atoms with E-state index >= 15 is 0 Å². The molecule has 0 saturated carbocycles. The summed E-state index contributed by atoms with van der Waals surface area (Å²) in [5, 5.41) is 0. The number of ether oxygens (including phenoxy) is 1. The number of imidazole rings is 1. The highest BCUT2D eigenvalue weighted by atomic mass is 16.5. The predicted octanol–water partition coefficient (Wildman–Crippen LogP) is 2.64. The molecule has 0 bridgehead atoms. The summed E-state index contributed by atoms with van der Waals surface area (Å²) in [7, 11) is 3.66. The highest BCUT2D eigenvalue weighted by molar-refractivity contribution is 5.81. The van der Waals surface area contributed by atoms with Crippen molar-refractivity contribution >= 4 is 11.0 Å². The minimum absolute atomic E-state index is 0.836. The minimum Gasteiger partial charge on any atom is -0.497 e. The second kappa shape index (κ2) is 4.14.